The molecule has 0 atom stereocenters. The molecule has 1 heterocycles. The summed E-state index contributed by atoms with van der Waals surface area (Å²) in [5.74, 6) is -2.21. The fraction of sp³-hybridized carbons (Fsp3) is 0.462. The number of aryl methyl sites for hydroxylation is 1. The second-order valence-electron chi connectivity index (χ2n) is 5.03. The summed E-state index contributed by atoms with van der Waals surface area (Å²) in [5, 5.41) is 8.55. The molecule has 0 fully saturated rings. The van der Waals surface area contributed by atoms with E-state index in [1.807, 2.05) is 17.9 Å². The fourth-order valence-electron chi connectivity index (χ4n) is 2.30. The minimum atomic E-state index is -3.53. The van der Waals surface area contributed by atoms with Crippen LogP contribution in [0.3, 0.4) is 0 Å². The lowest BCUT2D eigenvalue weighted by Gasteiger charge is -2.14. The maximum Gasteiger partial charge on any atom is 0.318 e. The minimum Gasteiger partial charge on any atom is -0.480 e. The molecule has 1 aliphatic rings. The van der Waals surface area contributed by atoms with Crippen LogP contribution in [0.2, 0.25) is 0 Å². The van der Waals surface area contributed by atoms with Crippen molar-refractivity contribution in [2.45, 2.75) is 20.0 Å². The molecule has 0 bridgehead atoms. The van der Waals surface area contributed by atoms with Crippen LogP contribution >= 0.6 is 15.9 Å². The number of hydrogen-bond donors (Lipinski definition) is 1. The van der Waals surface area contributed by atoms with Crippen LogP contribution in [0.25, 0.3) is 0 Å². The van der Waals surface area contributed by atoms with Crippen molar-refractivity contribution in [1.29, 1.82) is 0 Å². The molecule has 2 rings (SSSR count). The molecular weight excluding hydrogens is 346 g/mol. The number of benzene rings is 1. The van der Waals surface area contributed by atoms with Gasteiger partial charge in [-0.05, 0) is 23.6 Å². The highest BCUT2D eigenvalue weighted by Crippen LogP contribution is 2.31. The van der Waals surface area contributed by atoms with Crippen LogP contribution in [-0.2, 0) is 27.7 Å². The average molecular weight is 362 g/mol. The molecule has 0 spiro atoms. The third kappa shape index (κ3) is 3.59. The predicted octanol–water partition coefficient (Wildman–Crippen LogP) is 1.57. The molecule has 0 saturated heterocycles. The fourth-order valence-corrected chi connectivity index (χ4v) is 3.87. The highest BCUT2D eigenvalue weighted by molar-refractivity contribution is 9.10. The first-order valence-electron chi connectivity index (χ1n) is 6.20. The number of carbonyl (C=O) groups is 1. The Kier molecular flexibility index (Phi) is 4.51. The van der Waals surface area contributed by atoms with E-state index in [0.717, 1.165) is 10.0 Å². The van der Waals surface area contributed by atoms with E-state index in [1.165, 1.54) is 11.1 Å². The number of sulfone groups is 1. The van der Waals surface area contributed by atoms with Crippen LogP contribution in [-0.4, -0.2) is 42.4 Å². The highest BCUT2D eigenvalue weighted by Gasteiger charge is 2.24. The second-order valence-corrected chi connectivity index (χ2v) is 8.01. The molecule has 0 aromatic heterocycles. The van der Waals surface area contributed by atoms with Gasteiger partial charge in [-0.15, -0.1) is 0 Å². The largest absolute Gasteiger partial charge is 0.480 e. The smallest absolute Gasteiger partial charge is 0.318 e. The number of nitrogens with zero attached hydrogens (tertiary/aromatic N) is 1. The lowest BCUT2D eigenvalue weighted by molar-refractivity contribution is -0.134. The topological polar surface area (TPSA) is 74.7 Å². The molecule has 7 heteroatoms. The molecule has 1 N–H and O–H groups in total. The molecule has 1 aromatic rings. The molecule has 0 radical (unpaired) electrons. The van der Waals surface area contributed by atoms with Crippen molar-refractivity contribution in [3.8, 4) is 0 Å². The molecule has 20 heavy (non-hydrogen) atoms. The summed E-state index contributed by atoms with van der Waals surface area (Å²) >= 11 is 3.56. The Hall–Kier alpha value is -0.920. The normalized spacial score (nSPS) is 15.3. The SMILES string of the molecule is Cc1ccc2c(c1Br)CN(CCS(=O)(=O)CC(=O)O)C2. The van der Waals surface area contributed by atoms with E-state index in [9.17, 15) is 13.2 Å². The van der Waals surface area contributed by atoms with E-state index in [1.54, 1.807) is 0 Å². The summed E-state index contributed by atoms with van der Waals surface area (Å²) in [7, 11) is -3.53. The summed E-state index contributed by atoms with van der Waals surface area (Å²) in [6, 6.07) is 4.09. The van der Waals surface area contributed by atoms with Crippen LogP contribution in [0, 0.1) is 6.92 Å². The van der Waals surface area contributed by atoms with E-state index in [0.29, 0.717) is 19.6 Å². The second kappa shape index (κ2) is 5.83. The maximum absolute atomic E-state index is 11.6. The highest BCUT2D eigenvalue weighted by atomic mass is 79.9. The van der Waals surface area contributed by atoms with Crippen molar-refractivity contribution in [2.24, 2.45) is 0 Å². The van der Waals surface area contributed by atoms with Gasteiger partial charge in [-0.1, -0.05) is 28.1 Å². The molecule has 0 aliphatic carbocycles. The monoisotopic (exact) mass is 361 g/mol. The molecule has 0 amide bonds. The van der Waals surface area contributed by atoms with Gasteiger partial charge in [0.2, 0.25) is 0 Å². The van der Waals surface area contributed by atoms with E-state index in [-0.39, 0.29) is 5.75 Å². The number of carboxylic acids is 1. The van der Waals surface area contributed by atoms with Gasteiger partial charge < -0.3 is 5.11 Å². The third-order valence-corrected chi connectivity index (χ3v) is 5.97. The average Bonchev–Trinajstić information content (AvgIpc) is 2.74. The summed E-state index contributed by atoms with van der Waals surface area (Å²) in [6.07, 6.45) is 0. The minimum absolute atomic E-state index is 0.121. The van der Waals surface area contributed by atoms with Crippen molar-refractivity contribution < 1.29 is 18.3 Å². The zero-order chi connectivity index (χ0) is 14.9. The van der Waals surface area contributed by atoms with E-state index in [2.05, 4.69) is 22.0 Å². The van der Waals surface area contributed by atoms with Gasteiger partial charge in [0.1, 0.15) is 5.75 Å². The van der Waals surface area contributed by atoms with Crippen LogP contribution in [0.4, 0.5) is 0 Å². The quantitative estimate of drug-likeness (QED) is 0.861. The van der Waals surface area contributed by atoms with Gasteiger partial charge in [0.05, 0.1) is 5.75 Å². The van der Waals surface area contributed by atoms with Gasteiger partial charge in [0.15, 0.2) is 9.84 Å². The first kappa shape index (κ1) is 15.5. The molecule has 5 nitrogen and oxygen atoms in total. The standard InChI is InChI=1S/C13H16BrNO4S/c1-9-2-3-10-6-15(7-11(10)13(9)14)4-5-20(18,19)8-12(16)17/h2-3H,4-8H2,1H3,(H,16,17). The number of hydrogen-bond acceptors (Lipinski definition) is 4. The van der Waals surface area contributed by atoms with Crippen LogP contribution in [0.15, 0.2) is 16.6 Å². The van der Waals surface area contributed by atoms with Crippen LogP contribution in [0.1, 0.15) is 16.7 Å². The number of rotatable bonds is 5. The zero-order valence-corrected chi connectivity index (χ0v) is 13.5. The van der Waals surface area contributed by atoms with Gasteiger partial charge in [0, 0.05) is 24.1 Å². The predicted molar refractivity (Wildman–Crippen MR) is 79.3 cm³/mol. The van der Waals surface area contributed by atoms with Crippen molar-refractivity contribution in [3.05, 3.63) is 33.3 Å². The van der Waals surface area contributed by atoms with Crippen molar-refractivity contribution >= 4 is 31.7 Å². The first-order chi connectivity index (χ1) is 9.28. The summed E-state index contributed by atoms with van der Waals surface area (Å²) in [6.45, 7) is 3.77. The molecule has 1 aromatic carbocycles. The summed E-state index contributed by atoms with van der Waals surface area (Å²) < 4.78 is 24.2. The number of aliphatic carboxylic acids is 1. The van der Waals surface area contributed by atoms with E-state index < -0.39 is 21.6 Å². The Balaban J connectivity index is 1.99. The molecular formula is C13H16BrNO4S. The number of halogens is 1. The molecule has 0 saturated carbocycles. The number of fused-ring (bicyclic) bond motifs is 1. The van der Waals surface area contributed by atoms with Gasteiger partial charge in [0.25, 0.3) is 0 Å². The van der Waals surface area contributed by atoms with Gasteiger partial charge in [-0.3, -0.25) is 9.69 Å². The van der Waals surface area contributed by atoms with Gasteiger partial charge in [-0.25, -0.2) is 8.42 Å². The molecule has 110 valence electrons. The van der Waals surface area contributed by atoms with Crippen LogP contribution < -0.4 is 0 Å². The first-order valence-corrected chi connectivity index (χ1v) is 8.81. The summed E-state index contributed by atoms with van der Waals surface area (Å²) in [5.41, 5.74) is 3.54. The lowest BCUT2D eigenvalue weighted by Crippen LogP contribution is -2.27. The zero-order valence-electron chi connectivity index (χ0n) is 11.1. The maximum atomic E-state index is 11.6. The Morgan fingerprint density at radius 3 is 2.75 bits per heavy atom. The van der Waals surface area contributed by atoms with Crippen molar-refractivity contribution in [1.82, 2.24) is 4.90 Å². The van der Waals surface area contributed by atoms with E-state index >= 15 is 0 Å². The van der Waals surface area contributed by atoms with Crippen LogP contribution in [0.5, 0.6) is 0 Å². The third-order valence-electron chi connectivity index (χ3n) is 3.37. The Morgan fingerprint density at radius 2 is 2.10 bits per heavy atom. The Morgan fingerprint density at radius 1 is 1.40 bits per heavy atom. The molecule has 0 unspecified atom stereocenters. The summed E-state index contributed by atoms with van der Waals surface area (Å²) in [4.78, 5) is 12.5. The molecule has 1 aliphatic heterocycles. The number of carboxylic acid groups (broad SMARTS) is 1. The van der Waals surface area contributed by atoms with Crippen molar-refractivity contribution in [2.75, 3.05) is 18.1 Å². The van der Waals surface area contributed by atoms with Crippen molar-refractivity contribution in [3.63, 3.8) is 0 Å². The van der Waals surface area contributed by atoms with E-state index in [4.69, 9.17) is 5.11 Å². The van der Waals surface area contributed by atoms with Gasteiger partial charge >= 0.3 is 5.97 Å². The lowest BCUT2D eigenvalue weighted by atomic mass is 10.1. The Labute approximate surface area is 126 Å². The van der Waals surface area contributed by atoms with Gasteiger partial charge in [-0.2, -0.15) is 0 Å². The Bertz CT molecular complexity index is 642.